The van der Waals surface area contributed by atoms with Gasteiger partial charge in [0.05, 0.1) is 5.56 Å². The van der Waals surface area contributed by atoms with Crippen LogP contribution in [0.4, 0.5) is 13.2 Å². The molecule has 0 radical (unpaired) electrons. The Balaban J connectivity index is 1.92. The van der Waals surface area contributed by atoms with Crippen molar-refractivity contribution >= 4 is 11.3 Å². The van der Waals surface area contributed by atoms with E-state index in [0.29, 0.717) is 11.6 Å². The molecule has 3 nitrogen and oxygen atoms in total. The van der Waals surface area contributed by atoms with Crippen molar-refractivity contribution in [3.63, 3.8) is 0 Å². The highest BCUT2D eigenvalue weighted by molar-refractivity contribution is 7.13. The van der Waals surface area contributed by atoms with Gasteiger partial charge in [0.15, 0.2) is 0 Å². The van der Waals surface area contributed by atoms with E-state index in [1.54, 1.807) is 17.5 Å². The summed E-state index contributed by atoms with van der Waals surface area (Å²) in [6, 6.07) is 4.37. The summed E-state index contributed by atoms with van der Waals surface area (Å²) in [7, 11) is 0. The molecule has 1 N–H and O–H groups in total. The van der Waals surface area contributed by atoms with Gasteiger partial charge in [0.1, 0.15) is 5.01 Å². The fraction of sp³-hybridized carbons (Fsp3) is 0.400. The smallest absolute Gasteiger partial charge is 0.314 e. The van der Waals surface area contributed by atoms with Crippen LogP contribution in [-0.2, 0) is 12.7 Å². The molecular formula is C15H16F3N3S. The lowest BCUT2D eigenvalue weighted by atomic mass is 10.0. The van der Waals surface area contributed by atoms with Crippen molar-refractivity contribution in [1.82, 2.24) is 15.2 Å². The van der Waals surface area contributed by atoms with Crippen LogP contribution in [0.1, 0.15) is 11.1 Å². The van der Waals surface area contributed by atoms with E-state index >= 15 is 0 Å². The second-order valence-corrected chi connectivity index (χ2v) is 6.14. The molecule has 1 fully saturated rings. The van der Waals surface area contributed by atoms with Gasteiger partial charge < -0.3 is 5.32 Å². The van der Waals surface area contributed by atoms with Crippen LogP contribution in [0.2, 0.25) is 0 Å². The summed E-state index contributed by atoms with van der Waals surface area (Å²) in [6.07, 6.45) is -2.84. The molecule has 22 heavy (non-hydrogen) atoms. The Morgan fingerprint density at radius 3 is 2.64 bits per heavy atom. The molecule has 0 saturated carbocycles. The predicted octanol–water partition coefficient (Wildman–Crippen LogP) is 3.23. The van der Waals surface area contributed by atoms with E-state index in [-0.39, 0.29) is 5.56 Å². The average molecular weight is 327 g/mol. The summed E-state index contributed by atoms with van der Waals surface area (Å²) in [6.45, 7) is 4.32. The molecule has 1 aliphatic rings. The number of piperazine rings is 1. The zero-order valence-corrected chi connectivity index (χ0v) is 12.7. The Kier molecular flexibility index (Phi) is 4.46. The Labute approximate surface area is 130 Å². The minimum Gasteiger partial charge on any atom is -0.314 e. The van der Waals surface area contributed by atoms with Gasteiger partial charge in [0, 0.05) is 49.9 Å². The Morgan fingerprint density at radius 2 is 2.00 bits per heavy atom. The molecule has 2 aromatic rings. The maximum Gasteiger partial charge on any atom is 0.417 e. The first kappa shape index (κ1) is 15.5. The second kappa shape index (κ2) is 6.36. The highest BCUT2D eigenvalue weighted by atomic mass is 32.1. The van der Waals surface area contributed by atoms with Crippen LogP contribution in [0.5, 0.6) is 0 Å². The second-order valence-electron chi connectivity index (χ2n) is 5.24. The van der Waals surface area contributed by atoms with Crippen LogP contribution in [0.25, 0.3) is 10.6 Å². The molecule has 1 aromatic carbocycles. The fourth-order valence-corrected chi connectivity index (χ4v) is 3.27. The zero-order chi connectivity index (χ0) is 15.6. The van der Waals surface area contributed by atoms with E-state index in [4.69, 9.17) is 0 Å². The molecule has 7 heteroatoms. The first-order valence-corrected chi connectivity index (χ1v) is 7.95. The van der Waals surface area contributed by atoms with Crippen molar-refractivity contribution in [3.05, 3.63) is 40.9 Å². The maximum atomic E-state index is 13.2. The summed E-state index contributed by atoms with van der Waals surface area (Å²) >= 11 is 1.23. The lowest BCUT2D eigenvalue weighted by Gasteiger charge is -2.27. The third kappa shape index (κ3) is 3.48. The molecule has 1 aromatic heterocycles. The number of rotatable bonds is 3. The number of hydrogen-bond donors (Lipinski definition) is 1. The highest BCUT2D eigenvalue weighted by Gasteiger charge is 2.34. The average Bonchev–Trinajstić information content (AvgIpc) is 3.01. The summed E-state index contributed by atoms with van der Waals surface area (Å²) < 4.78 is 39.6. The molecule has 0 atom stereocenters. The normalized spacial score (nSPS) is 16.9. The number of halogens is 3. The fourth-order valence-electron chi connectivity index (χ4n) is 2.60. The molecule has 1 saturated heterocycles. The van der Waals surface area contributed by atoms with E-state index in [2.05, 4.69) is 15.2 Å². The topological polar surface area (TPSA) is 28.2 Å². The van der Waals surface area contributed by atoms with E-state index in [9.17, 15) is 13.2 Å². The maximum absolute atomic E-state index is 13.2. The molecular weight excluding hydrogens is 311 g/mol. The predicted molar refractivity (Wildman–Crippen MR) is 80.7 cm³/mol. The van der Waals surface area contributed by atoms with Crippen molar-refractivity contribution in [2.24, 2.45) is 0 Å². The van der Waals surface area contributed by atoms with Crippen molar-refractivity contribution in [2.75, 3.05) is 26.2 Å². The van der Waals surface area contributed by atoms with Gasteiger partial charge in [0.25, 0.3) is 0 Å². The standard InChI is InChI=1S/C15H16F3N3S/c16-15(17,18)13-2-1-11(10-21-6-3-19-4-7-21)9-12(13)14-20-5-8-22-14/h1-2,5,8-9,19H,3-4,6-7,10H2. The molecule has 2 heterocycles. The highest BCUT2D eigenvalue weighted by Crippen LogP contribution is 2.38. The molecule has 0 amide bonds. The molecule has 0 bridgehead atoms. The monoisotopic (exact) mass is 327 g/mol. The summed E-state index contributed by atoms with van der Waals surface area (Å²) in [5.74, 6) is 0. The third-order valence-corrected chi connectivity index (χ3v) is 4.47. The summed E-state index contributed by atoms with van der Waals surface area (Å²) in [4.78, 5) is 6.28. The van der Waals surface area contributed by atoms with E-state index in [0.717, 1.165) is 31.7 Å². The van der Waals surface area contributed by atoms with Crippen LogP contribution < -0.4 is 5.32 Å². The Morgan fingerprint density at radius 1 is 1.23 bits per heavy atom. The molecule has 1 aliphatic heterocycles. The van der Waals surface area contributed by atoms with Gasteiger partial charge in [-0.15, -0.1) is 11.3 Å². The van der Waals surface area contributed by atoms with Crippen LogP contribution in [0, 0.1) is 0 Å². The first-order chi connectivity index (χ1) is 10.5. The van der Waals surface area contributed by atoms with E-state index < -0.39 is 11.7 Å². The minimum absolute atomic E-state index is 0.176. The van der Waals surface area contributed by atoms with Gasteiger partial charge in [-0.2, -0.15) is 13.2 Å². The van der Waals surface area contributed by atoms with Crippen LogP contribution >= 0.6 is 11.3 Å². The van der Waals surface area contributed by atoms with Crippen molar-refractivity contribution in [2.45, 2.75) is 12.7 Å². The van der Waals surface area contributed by atoms with Gasteiger partial charge in [0.2, 0.25) is 0 Å². The molecule has 3 rings (SSSR count). The molecule has 0 aliphatic carbocycles. The van der Waals surface area contributed by atoms with Gasteiger partial charge in [-0.05, 0) is 17.7 Å². The number of thiazole rings is 1. The number of benzene rings is 1. The van der Waals surface area contributed by atoms with Gasteiger partial charge >= 0.3 is 6.18 Å². The van der Waals surface area contributed by atoms with Crippen molar-refractivity contribution in [3.8, 4) is 10.6 Å². The van der Waals surface area contributed by atoms with Crippen molar-refractivity contribution in [1.29, 1.82) is 0 Å². The summed E-state index contributed by atoms with van der Waals surface area (Å²) in [5.41, 5.74) is 0.446. The number of nitrogens with zero attached hydrogens (tertiary/aromatic N) is 2. The number of aromatic nitrogens is 1. The molecule has 0 unspecified atom stereocenters. The first-order valence-electron chi connectivity index (χ1n) is 7.07. The lowest BCUT2D eigenvalue weighted by Crippen LogP contribution is -2.42. The van der Waals surface area contributed by atoms with Crippen LogP contribution in [0.15, 0.2) is 29.8 Å². The lowest BCUT2D eigenvalue weighted by molar-refractivity contribution is -0.137. The quantitative estimate of drug-likeness (QED) is 0.938. The SMILES string of the molecule is FC(F)(F)c1ccc(CN2CCNCC2)cc1-c1nccs1. The van der Waals surface area contributed by atoms with Gasteiger partial charge in [-0.1, -0.05) is 6.07 Å². The van der Waals surface area contributed by atoms with E-state index in [1.807, 2.05) is 0 Å². The van der Waals surface area contributed by atoms with Crippen LogP contribution in [-0.4, -0.2) is 36.1 Å². The van der Waals surface area contributed by atoms with E-state index in [1.165, 1.54) is 23.6 Å². The van der Waals surface area contributed by atoms with Crippen LogP contribution in [0.3, 0.4) is 0 Å². The minimum atomic E-state index is -4.37. The number of alkyl halides is 3. The summed E-state index contributed by atoms with van der Waals surface area (Å²) in [5, 5.41) is 5.37. The Bertz CT molecular complexity index is 619. The molecule has 118 valence electrons. The number of nitrogens with one attached hydrogen (secondary N) is 1. The zero-order valence-electron chi connectivity index (χ0n) is 11.9. The largest absolute Gasteiger partial charge is 0.417 e. The van der Waals surface area contributed by atoms with Gasteiger partial charge in [-0.3, -0.25) is 4.90 Å². The molecule has 0 spiro atoms. The van der Waals surface area contributed by atoms with Gasteiger partial charge in [-0.25, -0.2) is 4.98 Å². The Hall–Kier alpha value is -1.44. The van der Waals surface area contributed by atoms with Crippen molar-refractivity contribution < 1.29 is 13.2 Å². The number of hydrogen-bond acceptors (Lipinski definition) is 4. The third-order valence-electron chi connectivity index (χ3n) is 3.67.